The number of nitrogens with zero attached hydrogens (tertiary/aromatic N) is 3. The van der Waals surface area contributed by atoms with E-state index in [0.29, 0.717) is 17.0 Å². The number of rotatable bonds is 5. The molecule has 4 rings (SSSR count). The first-order valence-corrected chi connectivity index (χ1v) is 9.35. The summed E-state index contributed by atoms with van der Waals surface area (Å²) in [6.07, 6.45) is 1.61. The van der Waals surface area contributed by atoms with Crippen LogP contribution in [-0.4, -0.2) is 26.8 Å². The van der Waals surface area contributed by atoms with Crippen molar-refractivity contribution in [1.82, 2.24) is 30.9 Å². The van der Waals surface area contributed by atoms with Crippen molar-refractivity contribution in [1.29, 1.82) is 0 Å². The van der Waals surface area contributed by atoms with Gasteiger partial charge in [-0.05, 0) is 29.7 Å². The molecule has 0 aliphatic carbocycles. The van der Waals surface area contributed by atoms with E-state index in [1.54, 1.807) is 18.5 Å². The summed E-state index contributed by atoms with van der Waals surface area (Å²) < 4.78 is 41.7. The molecule has 3 N–H and O–H groups in total. The summed E-state index contributed by atoms with van der Waals surface area (Å²) in [5.41, 5.74) is 10.0. The average Bonchev–Trinajstić information content (AvgIpc) is 3.40. The second kappa shape index (κ2) is 7.94. The molecule has 1 fully saturated rings. The Morgan fingerprint density at radius 3 is 2.59 bits per heavy atom. The summed E-state index contributed by atoms with van der Waals surface area (Å²) in [6.45, 7) is 2.10. The Morgan fingerprint density at radius 2 is 1.86 bits per heavy atom. The van der Waals surface area contributed by atoms with E-state index in [0.717, 1.165) is 6.42 Å². The van der Waals surface area contributed by atoms with Crippen molar-refractivity contribution in [2.45, 2.75) is 37.6 Å². The van der Waals surface area contributed by atoms with Crippen molar-refractivity contribution in [2.75, 3.05) is 0 Å². The summed E-state index contributed by atoms with van der Waals surface area (Å²) in [6, 6.07) is 10.7. The molecule has 152 valence electrons. The summed E-state index contributed by atoms with van der Waals surface area (Å²) in [4.78, 5) is 8.76. The number of halogens is 3. The van der Waals surface area contributed by atoms with Gasteiger partial charge in [0.2, 0.25) is 0 Å². The van der Waals surface area contributed by atoms with E-state index in [1.165, 1.54) is 11.8 Å². The lowest BCUT2D eigenvalue weighted by atomic mass is 10.0. The largest absolute Gasteiger partial charge is 0.407 e. The van der Waals surface area contributed by atoms with E-state index in [1.807, 2.05) is 29.0 Å². The third-order valence-corrected chi connectivity index (χ3v) is 5.08. The molecule has 6 nitrogen and oxygen atoms in total. The van der Waals surface area contributed by atoms with Crippen LogP contribution >= 0.6 is 0 Å². The lowest BCUT2D eigenvalue weighted by Gasteiger charge is -2.21. The number of hydrazine groups is 2. The van der Waals surface area contributed by atoms with Gasteiger partial charge in [0.05, 0.1) is 24.1 Å². The molecule has 0 saturated carbocycles. The number of hydrogen-bond acceptors (Lipinski definition) is 5. The maximum atomic E-state index is 13.2. The second-order valence-corrected chi connectivity index (χ2v) is 6.93. The van der Waals surface area contributed by atoms with E-state index in [9.17, 15) is 13.2 Å². The van der Waals surface area contributed by atoms with Crippen LogP contribution in [0.15, 0.2) is 61.2 Å². The van der Waals surface area contributed by atoms with Gasteiger partial charge in [0.1, 0.15) is 11.7 Å². The van der Waals surface area contributed by atoms with Gasteiger partial charge in [-0.3, -0.25) is 4.98 Å². The summed E-state index contributed by atoms with van der Waals surface area (Å²) in [5, 5.41) is 0. The number of pyridine rings is 1. The van der Waals surface area contributed by atoms with Crippen molar-refractivity contribution in [2.24, 2.45) is 0 Å². The van der Waals surface area contributed by atoms with Gasteiger partial charge in [-0.1, -0.05) is 37.3 Å². The number of benzene rings is 1. The lowest BCUT2D eigenvalue weighted by Crippen LogP contribution is -2.43. The minimum absolute atomic E-state index is 0.125. The van der Waals surface area contributed by atoms with Crippen LogP contribution in [0.5, 0.6) is 0 Å². The summed E-state index contributed by atoms with van der Waals surface area (Å²) >= 11 is 0. The Bertz CT molecular complexity index is 956. The lowest BCUT2D eigenvalue weighted by molar-refractivity contribution is -0.156. The Hall–Kier alpha value is -2.75. The van der Waals surface area contributed by atoms with Crippen LogP contribution in [-0.2, 0) is 0 Å². The minimum atomic E-state index is -4.39. The van der Waals surface area contributed by atoms with Crippen LogP contribution in [0.1, 0.15) is 36.6 Å². The first-order valence-electron chi connectivity index (χ1n) is 9.35. The summed E-state index contributed by atoms with van der Waals surface area (Å²) in [5.74, 6) is 0. The maximum absolute atomic E-state index is 13.2. The van der Waals surface area contributed by atoms with Crippen molar-refractivity contribution in [3.8, 4) is 11.4 Å². The van der Waals surface area contributed by atoms with Crippen LogP contribution < -0.4 is 16.4 Å². The Morgan fingerprint density at radius 1 is 1.07 bits per heavy atom. The third-order valence-electron chi connectivity index (χ3n) is 5.08. The van der Waals surface area contributed by atoms with Gasteiger partial charge in [-0.25, -0.2) is 15.8 Å². The van der Waals surface area contributed by atoms with Crippen LogP contribution in [0.4, 0.5) is 13.2 Å². The van der Waals surface area contributed by atoms with E-state index >= 15 is 0 Å². The molecule has 2 aromatic heterocycles. The monoisotopic (exact) mass is 402 g/mol. The molecule has 29 heavy (non-hydrogen) atoms. The molecule has 3 heterocycles. The highest BCUT2D eigenvalue weighted by molar-refractivity contribution is 5.54. The number of aromatic nitrogens is 3. The highest BCUT2D eigenvalue weighted by atomic mass is 19.4. The Kier molecular flexibility index (Phi) is 5.35. The van der Waals surface area contributed by atoms with E-state index in [-0.39, 0.29) is 6.04 Å². The zero-order chi connectivity index (χ0) is 20.4. The molecule has 0 amide bonds. The predicted octanol–water partition coefficient (Wildman–Crippen LogP) is 3.53. The van der Waals surface area contributed by atoms with Gasteiger partial charge in [0.15, 0.2) is 0 Å². The van der Waals surface area contributed by atoms with E-state index in [4.69, 9.17) is 0 Å². The van der Waals surface area contributed by atoms with Gasteiger partial charge >= 0.3 is 6.18 Å². The molecule has 1 saturated heterocycles. The molecule has 3 atom stereocenters. The molecular formula is C20H21F3N6. The quantitative estimate of drug-likeness (QED) is 0.609. The normalized spacial score (nSPS) is 20.7. The zero-order valence-corrected chi connectivity index (χ0v) is 15.7. The number of alkyl halides is 3. The molecule has 1 aliphatic heterocycles. The molecule has 0 radical (unpaired) electrons. The fourth-order valence-electron chi connectivity index (χ4n) is 3.62. The van der Waals surface area contributed by atoms with Crippen LogP contribution in [0.25, 0.3) is 11.4 Å². The number of hydrogen-bond donors (Lipinski definition) is 3. The SMILES string of the molecule is CCC(c1ccccc1)n1cnc(-c2cc(C3NNNC3C(F)(F)F)ccn2)c1. The Balaban J connectivity index is 1.61. The Labute approximate surface area is 166 Å². The predicted molar refractivity (Wildman–Crippen MR) is 102 cm³/mol. The van der Waals surface area contributed by atoms with E-state index in [2.05, 4.69) is 45.4 Å². The molecule has 3 unspecified atom stereocenters. The number of nitrogens with one attached hydrogen (secondary N) is 3. The minimum Gasteiger partial charge on any atom is -0.329 e. The molecule has 9 heteroatoms. The van der Waals surface area contributed by atoms with Crippen molar-refractivity contribution < 1.29 is 13.2 Å². The molecule has 1 aromatic carbocycles. The molecule has 1 aliphatic rings. The smallest absolute Gasteiger partial charge is 0.329 e. The van der Waals surface area contributed by atoms with Gasteiger partial charge in [0, 0.05) is 12.4 Å². The molecule has 3 aromatic rings. The standard InChI is InChI=1S/C20H21F3N6/c1-2-17(13-6-4-3-5-7-13)29-11-16(25-12-29)15-10-14(8-9-24-15)18-19(20(21,22)23)27-28-26-18/h3-12,17-19,26-28H,2H2,1H3. The third kappa shape index (κ3) is 4.02. The highest BCUT2D eigenvalue weighted by Crippen LogP contribution is 2.32. The molecule has 0 bridgehead atoms. The van der Waals surface area contributed by atoms with E-state index < -0.39 is 18.3 Å². The van der Waals surface area contributed by atoms with Crippen LogP contribution in [0, 0.1) is 0 Å². The second-order valence-electron chi connectivity index (χ2n) is 6.93. The zero-order valence-electron chi connectivity index (χ0n) is 15.7. The summed E-state index contributed by atoms with van der Waals surface area (Å²) in [7, 11) is 0. The maximum Gasteiger partial charge on any atom is 0.407 e. The van der Waals surface area contributed by atoms with Gasteiger partial charge < -0.3 is 4.57 Å². The average molecular weight is 402 g/mol. The van der Waals surface area contributed by atoms with Crippen molar-refractivity contribution in [3.63, 3.8) is 0 Å². The van der Waals surface area contributed by atoms with Crippen molar-refractivity contribution >= 4 is 0 Å². The van der Waals surface area contributed by atoms with Crippen LogP contribution in [0.2, 0.25) is 0 Å². The topological polar surface area (TPSA) is 66.8 Å². The first kappa shape index (κ1) is 19.6. The number of imidazole rings is 1. The van der Waals surface area contributed by atoms with Gasteiger partial charge in [0.25, 0.3) is 0 Å². The van der Waals surface area contributed by atoms with Crippen molar-refractivity contribution in [3.05, 3.63) is 72.3 Å². The molecular weight excluding hydrogens is 381 g/mol. The fraction of sp³-hybridized carbons (Fsp3) is 0.300. The van der Waals surface area contributed by atoms with Gasteiger partial charge in [-0.2, -0.15) is 18.7 Å². The first-order chi connectivity index (χ1) is 14.0. The molecule has 0 spiro atoms. The van der Waals surface area contributed by atoms with Gasteiger partial charge in [-0.15, -0.1) is 0 Å². The fourth-order valence-corrected chi connectivity index (χ4v) is 3.62. The highest BCUT2D eigenvalue weighted by Gasteiger charge is 2.48. The van der Waals surface area contributed by atoms with Crippen LogP contribution in [0.3, 0.4) is 0 Å².